The fourth-order valence-corrected chi connectivity index (χ4v) is 3.79. The zero-order valence-electron chi connectivity index (χ0n) is 17.3. The number of rotatable bonds is 8. The number of primary amides is 1. The number of anilines is 1. The number of hydrogen-bond donors (Lipinski definition) is 2. The number of aryl methyl sites for hydroxylation is 2. The number of aromatic nitrogens is 2. The third kappa shape index (κ3) is 4.80. The van der Waals surface area contributed by atoms with Gasteiger partial charge >= 0.3 is 5.97 Å². The largest absolute Gasteiger partial charge is 0.462 e. The van der Waals surface area contributed by atoms with Gasteiger partial charge in [-0.3, -0.25) is 19.5 Å². The van der Waals surface area contributed by atoms with Gasteiger partial charge in [0.2, 0.25) is 11.8 Å². The van der Waals surface area contributed by atoms with Crippen LogP contribution in [0.5, 0.6) is 0 Å². The van der Waals surface area contributed by atoms with Gasteiger partial charge in [-0.25, -0.2) is 9.78 Å². The van der Waals surface area contributed by atoms with Crippen molar-refractivity contribution >= 4 is 35.4 Å². The predicted octanol–water partition coefficient (Wildman–Crippen LogP) is 3.09. The lowest BCUT2D eigenvalue weighted by atomic mass is 10.1. The molecule has 162 valence electrons. The van der Waals surface area contributed by atoms with Gasteiger partial charge in [0.25, 0.3) is 5.91 Å². The van der Waals surface area contributed by atoms with E-state index in [1.54, 1.807) is 13.1 Å². The van der Waals surface area contributed by atoms with Gasteiger partial charge in [0.05, 0.1) is 18.0 Å². The minimum Gasteiger partial charge on any atom is -0.462 e. The molecule has 3 aromatic rings. The molecule has 0 aliphatic carbocycles. The van der Waals surface area contributed by atoms with Crippen molar-refractivity contribution in [2.45, 2.75) is 25.9 Å². The second-order valence-electron chi connectivity index (χ2n) is 6.53. The lowest BCUT2D eigenvalue weighted by molar-refractivity contribution is -0.113. The quantitative estimate of drug-likeness (QED) is 0.405. The molecule has 0 unspecified atom stereocenters. The molecule has 0 fully saturated rings. The molecule has 31 heavy (non-hydrogen) atoms. The van der Waals surface area contributed by atoms with E-state index in [1.807, 2.05) is 42.0 Å². The van der Waals surface area contributed by atoms with Crippen molar-refractivity contribution in [2.24, 2.45) is 5.73 Å². The predicted molar refractivity (Wildman–Crippen MR) is 116 cm³/mol. The molecule has 0 saturated heterocycles. The highest BCUT2D eigenvalue weighted by atomic mass is 32.2. The van der Waals surface area contributed by atoms with E-state index in [1.165, 1.54) is 18.7 Å². The van der Waals surface area contributed by atoms with Crippen molar-refractivity contribution in [1.82, 2.24) is 9.55 Å². The summed E-state index contributed by atoms with van der Waals surface area (Å²) in [7, 11) is 0. The SMILES string of the molecule is CCOC(=O)c1c(C)oc(NC(=O)CSc2nccn2-c2ccccc2C)c1C(N)=O. The van der Waals surface area contributed by atoms with Crippen molar-refractivity contribution in [2.75, 3.05) is 17.7 Å². The average molecular weight is 442 g/mol. The Morgan fingerprint density at radius 3 is 2.65 bits per heavy atom. The fraction of sp³-hybridized carbons (Fsp3) is 0.238. The van der Waals surface area contributed by atoms with Gasteiger partial charge in [0.15, 0.2) is 5.16 Å². The Morgan fingerprint density at radius 1 is 1.23 bits per heavy atom. The summed E-state index contributed by atoms with van der Waals surface area (Å²) in [6.07, 6.45) is 3.47. The molecule has 10 heteroatoms. The van der Waals surface area contributed by atoms with Crippen LogP contribution in [0.25, 0.3) is 5.69 Å². The molecule has 1 aromatic carbocycles. The van der Waals surface area contributed by atoms with Gasteiger partial charge in [-0.2, -0.15) is 0 Å². The van der Waals surface area contributed by atoms with Crippen LogP contribution in [0, 0.1) is 13.8 Å². The van der Waals surface area contributed by atoms with E-state index in [-0.39, 0.29) is 35.1 Å². The number of hydrogen-bond acceptors (Lipinski definition) is 7. The molecule has 3 N–H and O–H groups in total. The Morgan fingerprint density at radius 2 is 1.97 bits per heavy atom. The summed E-state index contributed by atoms with van der Waals surface area (Å²) < 4.78 is 12.3. The second-order valence-corrected chi connectivity index (χ2v) is 7.47. The van der Waals surface area contributed by atoms with Crippen LogP contribution in [0.2, 0.25) is 0 Å². The lowest BCUT2D eigenvalue weighted by Crippen LogP contribution is -2.21. The highest BCUT2D eigenvalue weighted by Gasteiger charge is 2.29. The molecule has 2 amide bonds. The number of carbonyl (C=O) groups excluding carboxylic acids is 3. The van der Waals surface area contributed by atoms with Crippen LogP contribution < -0.4 is 11.1 Å². The van der Waals surface area contributed by atoms with E-state index < -0.39 is 17.8 Å². The number of furan rings is 1. The zero-order valence-corrected chi connectivity index (χ0v) is 18.1. The number of para-hydroxylation sites is 1. The van der Waals surface area contributed by atoms with Crippen LogP contribution in [0.15, 0.2) is 46.2 Å². The number of nitrogens with zero attached hydrogens (tertiary/aromatic N) is 2. The van der Waals surface area contributed by atoms with Gasteiger partial charge in [-0.15, -0.1) is 0 Å². The monoisotopic (exact) mass is 442 g/mol. The minimum absolute atomic E-state index is 0.00438. The number of ether oxygens (including phenoxy) is 1. The van der Waals surface area contributed by atoms with Crippen molar-refractivity contribution in [3.63, 3.8) is 0 Å². The number of thioether (sulfide) groups is 1. The third-order valence-corrected chi connectivity index (χ3v) is 5.34. The third-order valence-electron chi connectivity index (χ3n) is 4.38. The number of carbonyl (C=O) groups is 3. The van der Waals surface area contributed by atoms with Crippen molar-refractivity contribution in [3.8, 4) is 5.69 Å². The summed E-state index contributed by atoms with van der Waals surface area (Å²) in [5.41, 5.74) is 7.13. The number of amides is 2. The van der Waals surface area contributed by atoms with Crippen molar-refractivity contribution in [1.29, 1.82) is 0 Å². The molecular formula is C21H22N4O5S. The first-order valence-electron chi connectivity index (χ1n) is 9.45. The van der Waals surface area contributed by atoms with Crippen molar-refractivity contribution in [3.05, 3.63) is 59.1 Å². The molecule has 9 nitrogen and oxygen atoms in total. The molecule has 2 heterocycles. The Balaban J connectivity index is 1.75. The second kappa shape index (κ2) is 9.52. The Bertz CT molecular complexity index is 1130. The van der Waals surface area contributed by atoms with Crippen molar-refractivity contribution < 1.29 is 23.5 Å². The van der Waals surface area contributed by atoms with Crippen LogP contribution in [0.1, 0.15) is 39.0 Å². The number of esters is 1. The number of nitrogens with one attached hydrogen (secondary N) is 1. The normalized spacial score (nSPS) is 10.7. The fourth-order valence-electron chi connectivity index (χ4n) is 3.02. The molecule has 0 spiro atoms. The van der Waals surface area contributed by atoms with E-state index in [0.717, 1.165) is 11.3 Å². The summed E-state index contributed by atoms with van der Waals surface area (Å²) in [6, 6.07) is 7.82. The highest BCUT2D eigenvalue weighted by molar-refractivity contribution is 7.99. The highest BCUT2D eigenvalue weighted by Crippen LogP contribution is 2.28. The molecule has 0 bridgehead atoms. The van der Waals surface area contributed by atoms with Gasteiger partial charge < -0.3 is 14.9 Å². The maximum Gasteiger partial charge on any atom is 0.342 e. The Kier molecular flexibility index (Phi) is 6.81. The molecule has 0 aliphatic rings. The Labute approximate surface area is 183 Å². The van der Waals surface area contributed by atoms with E-state index in [4.69, 9.17) is 14.9 Å². The zero-order chi connectivity index (χ0) is 22.5. The summed E-state index contributed by atoms with van der Waals surface area (Å²) in [5, 5.41) is 3.14. The van der Waals surface area contributed by atoms with Gasteiger partial charge in [0, 0.05) is 12.4 Å². The minimum atomic E-state index is -0.905. The Hall–Kier alpha value is -3.53. The molecule has 0 aliphatic heterocycles. The van der Waals surface area contributed by atoms with E-state index in [9.17, 15) is 14.4 Å². The van der Waals surface area contributed by atoms with Crippen LogP contribution in [0.4, 0.5) is 5.88 Å². The van der Waals surface area contributed by atoms with Crippen LogP contribution >= 0.6 is 11.8 Å². The summed E-state index contributed by atoms with van der Waals surface area (Å²) in [6.45, 7) is 5.23. The summed E-state index contributed by atoms with van der Waals surface area (Å²) >= 11 is 1.21. The van der Waals surface area contributed by atoms with Crippen LogP contribution in [0.3, 0.4) is 0 Å². The van der Waals surface area contributed by atoms with E-state index >= 15 is 0 Å². The first-order valence-corrected chi connectivity index (χ1v) is 10.4. The molecule has 2 aromatic heterocycles. The molecular weight excluding hydrogens is 420 g/mol. The first-order chi connectivity index (χ1) is 14.8. The van der Waals surface area contributed by atoms with Gasteiger partial charge in [-0.1, -0.05) is 30.0 Å². The first kappa shape index (κ1) is 22.2. The summed E-state index contributed by atoms with van der Waals surface area (Å²) in [5.74, 6) is -2.15. The maximum atomic E-state index is 12.5. The number of imidazole rings is 1. The van der Waals surface area contributed by atoms with Crippen LogP contribution in [-0.4, -0.2) is 39.7 Å². The lowest BCUT2D eigenvalue weighted by Gasteiger charge is -2.10. The van der Waals surface area contributed by atoms with E-state index in [0.29, 0.717) is 5.16 Å². The average Bonchev–Trinajstić information content (AvgIpc) is 3.31. The number of benzene rings is 1. The standard InChI is InChI=1S/C21H22N4O5S/c1-4-29-20(28)16-13(3)30-19(17(16)18(22)27)24-15(26)11-31-21-23-9-10-25(21)14-8-6-5-7-12(14)2/h5-10H,4,11H2,1-3H3,(H2,22,27)(H,24,26). The molecule has 0 atom stereocenters. The van der Waals surface area contributed by atoms with Gasteiger partial charge in [-0.05, 0) is 32.4 Å². The number of nitrogens with two attached hydrogens (primary N) is 1. The molecule has 0 radical (unpaired) electrons. The van der Waals surface area contributed by atoms with Crippen LogP contribution in [-0.2, 0) is 9.53 Å². The summed E-state index contributed by atoms with van der Waals surface area (Å²) in [4.78, 5) is 40.9. The smallest absolute Gasteiger partial charge is 0.342 e. The van der Waals surface area contributed by atoms with Gasteiger partial charge in [0.1, 0.15) is 16.9 Å². The van der Waals surface area contributed by atoms with E-state index in [2.05, 4.69) is 10.3 Å². The topological polar surface area (TPSA) is 129 Å². The molecule has 3 rings (SSSR count). The molecule has 0 saturated carbocycles. The maximum absolute atomic E-state index is 12.5.